The Kier molecular flexibility index (Phi) is 8.56. The molecular formula is C25H28N4O3S2. The van der Waals surface area contributed by atoms with Crippen LogP contribution in [0, 0.1) is 17.2 Å². The molecule has 2 aromatic carbocycles. The third-order valence-corrected chi connectivity index (χ3v) is 7.26. The van der Waals surface area contributed by atoms with Gasteiger partial charge in [0.05, 0.1) is 23.0 Å². The van der Waals surface area contributed by atoms with E-state index < -0.39 is 15.9 Å². The third kappa shape index (κ3) is 6.73. The highest BCUT2D eigenvalue weighted by Crippen LogP contribution is 2.28. The molecule has 1 heterocycles. The van der Waals surface area contributed by atoms with Crippen molar-refractivity contribution < 1.29 is 13.2 Å². The summed E-state index contributed by atoms with van der Waals surface area (Å²) in [7, 11) is -3.24. The Labute approximate surface area is 204 Å². The molecule has 0 unspecified atom stereocenters. The summed E-state index contributed by atoms with van der Waals surface area (Å²) in [4.78, 5) is 17.5. The fraction of sp³-hybridized carbons (Fsp3) is 0.320. The first-order valence-electron chi connectivity index (χ1n) is 10.9. The summed E-state index contributed by atoms with van der Waals surface area (Å²) >= 11 is 1.51. The summed E-state index contributed by atoms with van der Waals surface area (Å²) in [5.74, 6) is 0.0685. The minimum atomic E-state index is -3.24. The fourth-order valence-corrected chi connectivity index (χ4v) is 4.98. The number of nitrogens with zero attached hydrogens (tertiary/aromatic N) is 2. The number of amides is 1. The zero-order valence-corrected chi connectivity index (χ0v) is 21.0. The highest BCUT2D eigenvalue weighted by molar-refractivity contribution is 7.90. The van der Waals surface area contributed by atoms with Gasteiger partial charge in [-0.1, -0.05) is 50.2 Å². The van der Waals surface area contributed by atoms with Crippen molar-refractivity contribution >= 4 is 27.1 Å². The van der Waals surface area contributed by atoms with Crippen LogP contribution in [0.3, 0.4) is 0 Å². The van der Waals surface area contributed by atoms with E-state index in [1.165, 1.54) is 17.6 Å². The molecule has 7 nitrogen and oxygen atoms in total. The molecule has 0 fully saturated rings. The van der Waals surface area contributed by atoms with Crippen molar-refractivity contribution in [2.75, 3.05) is 12.8 Å². The van der Waals surface area contributed by atoms with E-state index in [4.69, 9.17) is 5.26 Å². The van der Waals surface area contributed by atoms with Gasteiger partial charge in [0.1, 0.15) is 11.6 Å². The zero-order valence-electron chi connectivity index (χ0n) is 19.4. The SMILES string of the molecule is CC(C)C[C@H](N[C@@H](c1ccc(-c2ccc(S(C)(=O)=O)cc2)cc1)c1nccs1)C(=O)NCC#N. The molecule has 1 amide bonds. The maximum absolute atomic E-state index is 12.7. The molecule has 0 saturated heterocycles. The normalized spacial score (nSPS) is 13.3. The maximum atomic E-state index is 12.7. The molecule has 34 heavy (non-hydrogen) atoms. The lowest BCUT2D eigenvalue weighted by molar-refractivity contribution is -0.123. The molecule has 0 saturated carbocycles. The predicted molar refractivity (Wildman–Crippen MR) is 134 cm³/mol. The Morgan fingerprint density at radius 1 is 1.09 bits per heavy atom. The number of hydrogen-bond donors (Lipinski definition) is 2. The first-order chi connectivity index (χ1) is 16.2. The smallest absolute Gasteiger partial charge is 0.237 e. The van der Waals surface area contributed by atoms with E-state index in [1.54, 1.807) is 30.5 Å². The second-order valence-corrected chi connectivity index (χ2v) is 11.4. The molecule has 2 N–H and O–H groups in total. The first kappa shape index (κ1) is 25.6. The van der Waals surface area contributed by atoms with Crippen LogP contribution in [0.2, 0.25) is 0 Å². The molecule has 0 aliphatic rings. The lowest BCUT2D eigenvalue weighted by Gasteiger charge is -2.25. The van der Waals surface area contributed by atoms with E-state index in [9.17, 15) is 13.2 Å². The summed E-state index contributed by atoms with van der Waals surface area (Å²) in [6.07, 6.45) is 3.54. The number of sulfone groups is 1. The average molecular weight is 497 g/mol. The molecule has 3 aromatic rings. The van der Waals surface area contributed by atoms with Crippen LogP contribution in [0.25, 0.3) is 11.1 Å². The number of carbonyl (C=O) groups excluding carboxylic acids is 1. The highest BCUT2D eigenvalue weighted by Gasteiger charge is 2.26. The van der Waals surface area contributed by atoms with Crippen molar-refractivity contribution in [2.45, 2.75) is 37.2 Å². The second-order valence-electron chi connectivity index (χ2n) is 8.45. The Bertz CT molecular complexity index is 1230. The number of nitrogens with one attached hydrogen (secondary N) is 2. The number of thiazole rings is 1. The van der Waals surface area contributed by atoms with Crippen LogP contribution < -0.4 is 10.6 Å². The predicted octanol–water partition coefficient (Wildman–Crippen LogP) is 3.95. The van der Waals surface area contributed by atoms with Crippen LogP contribution >= 0.6 is 11.3 Å². The number of carbonyl (C=O) groups is 1. The standard InChI is InChI=1S/C25H28N4O3S2/c1-17(2)16-22(24(30)27-13-12-26)29-23(25-28-14-15-33-25)20-6-4-18(5-7-20)19-8-10-21(11-9-19)34(3,31)32/h4-11,14-15,17,22-23,29H,13,16H2,1-3H3,(H,27,30)/t22-,23-/m0/s1. The molecule has 3 rings (SSSR count). The molecule has 0 aliphatic heterocycles. The van der Waals surface area contributed by atoms with Gasteiger partial charge in [-0.15, -0.1) is 11.3 Å². The van der Waals surface area contributed by atoms with Gasteiger partial charge in [-0.2, -0.15) is 5.26 Å². The van der Waals surface area contributed by atoms with Crippen LogP contribution in [0.15, 0.2) is 65.0 Å². The molecular weight excluding hydrogens is 468 g/mol. The van der Waals surface area contributed by atoms with E-state index in [-0.39, 0.29) is 29.3 Å². The van der Waals surface area contributed by atoms with Crippen LogP contribution in [0.1, 0.15) is 36.9 Å². The van der Waals surface area contributed by atoms with Gasteiger partial charge in [0.2, 0.25) is 5.91 Å². The Morgan fingerprint density at radius 2 is 1.71 bits per heavy atom. The average Bonchev–Trinajstić information content (AvgIpc) is 3.34. The van der Waals surface area contributed by atoms with Gasteiger partial charge in [0, 0.05) is 17.8 Å². The molecule has 0 bridgehead atoms. The maximum Gasteiger partial charge on any atom is 0.237 e. The van der Waals surface area contributed by atoms with E-state index in [0.717, 1.165) is 21.7 Å². The second kappa shape index (κ2) is 11.4. The van der Waals surface area contributed by atoms with Gasteiger partial charge in [-0.25, -0.2) is 13.4 Å². The van der Waals surface area contributed by atoms with Gasteiger partial charge >= 0.3 is 0 Å². The molecule has 9 heteroatoms. The van der Waals surface area contributed by atoms with Gasteiger partial charge < -0.3 is 5.32 Å². The quantitative estimate of drug-likeness (QED) is 0.411. The minimum absolute atomic E-state index is 0.0379. The number of benzene rings is 2. The van der Waals surface area contributed by atoms with Crippen molar-refractivity contribution in [3.8, 4) is 17.2 Å². The Hall–Kier alpha value is -3.06. The minimum Gasteiger partial charge on any atom is -0.342 e. The lowest BCUT2D eigenvalue weighted by Crippen LogP contribution is -2.46. The topological polar surface area (TPSA) is 112 Å². The van der Waals surface area contributed by atoms with Crippen molar-refractivity contribution in [3.63, 3.8) is 0 Å². The van der Waals surface area contributed by atoms with Crippen LogP contribution in [-0.4, -0.2) is 38.2 Å². The monoisotopic (exact) mass is 496 g/mol. The first-order valence-corrected chi connectivity index (χ1v) is 13.7. The van der Waals surface area contributed by atoms with Gasteiger partial charge in [-0.05, 0) is 41.2 Å². The number of rotatable bonds is 10. The Morgan fingerprint density at radius 3 is 2.21 bits per heavy atom. The largest absolute Gasteiger partial charge is 0.342 e. The van der Waals surface area contributed by atoms with Gasteiger partial charge in [-0.3, -0.25) is 10.1 Å². The highest BCUT2D eigenvalue weighted by atomic mass is 32.2. The van der Waals surface area contributed by atoms with E-state index in [1.807, 2.05) is 35.7 Å². The van der Waals surface area contributed by atoms with Crippen molar-refractivity contribution in [1.82, 2.24) is 15.6 Å². The number of hydrogen-bond acceptors (Lipinski definition) is 7. The van der Waals surface area contributed by atoms with E-state index >= 15 is 0 Å². The van der Waals surface area contributed by atoms with Crippen molar-refractivity contribution in [1.29, 1.82) is 5.26 Å². The van der Waals surface area contributed by atoms with Crippen LogP contribution in [0.4, 0.5) is 0 Å². The summed E-state index contributed by atoms with van der Waals surface area (Å²) < 4.78 is 23.4. The number of aromatic nitrogens is 1. The molecule has 0 aliphatic carbocycles. The van der Waals surface area contributed by atoms with E-state index in [0.29, 0.717) is 6.42 Å². The number of nitriles is 1. The van der Waals surface area contributed by atoms with Gasteiger partial charge in [0.15, 0.2) is 9.84 Å². The Balaban J connectivity index is 1.88. The van der Waals surface area contributed by atoms with Gasteiger partial charge in [0.25, 0.3) is 0 Å². The van der Waals surface area contributed by atoms with Crippen LogP contribution in [0.5, 0.6) is 0 Å². The molecule has 178 valence electrons. The summed E-state index contributed by atoms with van der Waals surface area (Å²) in [6, 6.07) is 15.9. The molecule has 2 atom stereocenters. The summed E-state index contributed by atoms with van der Waals surface area (Å²) in [5.41, 5.74) is 2.81. The third-order valence-electron chi connectivity index (χ3n) is 5.29. The lowest BCUT2D eigenvalue weighted by atomic mass is 9.98. The summed E-state index contributed by atoms with van der Waals surface area (Å²) in [5, 5.41) is 17.7. The zero-order chi connectivity index (χ0) is 24.7. The summed E-state index contributed by atoms with van der Waals surface area (Å²) in [6.45, 7) is 4.06. The fourth-order valence-electron chi connectivity index (χ4n) is 3.62. The molecule has 0 spiro atoms. The van der Waals surface area contributed by atoms with E-state index in [2.05, 4.69) is 29.5 Å². The molecule has 1 aromatic heterocycles. The van der Waals surface area contributed by atoms with Crippen LogP contribution in [-0.2, 0) is 14.6 Å². The van der Waals surface area contributed by atoms with Crippen molar-refractivity contribution in [2.24, 2.45) is 5.92 Å². The molecule has 0 radical (unpaired) electrons. The van der Waals surface area contributed by atoms with Crippen molar-refractivity contribution in [3.05, 3.63) is 70.7 Å².